The molecule has 3 aromatic rings. The van der Waals surface area contributed by atoms with Gasteiger partial charge in [-0.1, -0.05) is 17.2 Å². The Hall–Kier alpha value is -4.01. The number of nitro benzene ring substituents is 1. The van der Waals surface area contributed by atoms with Crippen molar-refractivity contribution in [1.82, 2.24) is 10.2 Å². The minimum Gasteiger partial charge on any atom is -0.497 e. The molecule has 0 saturated heterocycles. The van der Waals surface area contributed by atoms with Crippen LogP contribution in [0.25, 0.3) is 17.5 Å². The third-order valence-electron chi connectivity index (χ3n) is 3.52. The van der Waals surface area contributed by atoms with Crippen LogP contribution in [0.1, 0.15) is 5.56 Å². The molecule has 1 N–H and O–H groups in total. The zero-order valence-corrected chi connectivity index (χ0v) is 14.2. The highest BCUT2D eigenvalue weighted by molar-refractivity contribution is 6.00. The van der Waals surface area contributed by atoms with Crippen molar-refractivity contribution in [3.05, 3.63) is 70.3 Å². The van der Waals surface area contributed by atoms with E-state index in [1.54, 1.807) is 25.3 Å². The monoisotopic (exact) mass is 366 g/mol. The maximum absolute atomic E-state index is 11.9. The highest BCUT2D eigenvalue weighted by Gasteiger charge is 2.12. The lowest BCUT2D eigenvalue weighted by Crippen LogP contribution is -2.07. The largest absolute Gasteiger partial charge is 0.497 e. The van der Waals surface area contributed by atoms with Crippen LogP contribution in [0.2, 0.25) is 0 Å². The number of benzene rings is 2. The molecule has 27 heavy (non-hydrogen) atoms. The lowest BCUT2D eigenvalue weighted by atomic mass is 10.2. The summed E-state index contributed by atoms with van der Waals surface area (Å²) in [5.74, 6) is 0.422. The molecular weight excluding hydrogens is 352 g/mol. The first-order valence-corrected chi connectivity index (χ1v) is 7.76. The minimum atomic E-state index is -0.502. The first-order valence-electron chi connectivity index (χ1n) is 7.76. The van der Waals surface area contributed by atoms with E-state index in [0.717, 1.165) is 11.3 Å². The predicted molar refractivity (Wildman–Crippen MR) is 97.0 cm³/mol. The van der Waals surface area contributed by atoms with E-state index in [1.807, 2.05) is 12.1 Å². The predicted octanol–water partition coefficient (Wildman–Crippen LogP) is 3.31. The summed E-state index contributed by atoms with van der Waals surface area (Å²) < 4.78 is 10.4. The fourth-order valence-electron chi connectivity index (χ4n) is 2.15. The van der Waals surface area contributed by atoms with Gasteiger partial charge in [0.1, 0.15) is 5.75 Å². The van der Waals surface area contributed by atoms with Crippen LogP contribution in [0.5, 0.6) is 5.75 Å². The van der Waals surface area contributed by atoms with Gasteiger partial charge in [0.15, 0.2) is 0 Å². The van der Waals surface area contributed by atoms with Crippen molar-refractivity contribution in [2.75, 3.05) is 12.4 Å². The quantitative estimate of drug-likeness (QED) is 0.403. The number of hydrogen-bond acceptors (Lipinski definition) is 7. The van der Waals surface area contributed by atoms with Gasteiger partial charge >= 0.3 is 6.01 Å². The summed E-state index contributed by atoms with van der Waals surface area (Å²) in [4.78, 5) is 22.1. The number of methoxy groups -OCH3 is 1. The highest BCUT2D eigenvalue weighted by Crippen LogP contribution is 2.22. The van der Waals surface area contributed by atoms with Crippen molar-refractivity contribution in [1.29, 1.82) is 0 Å². The summed E-state index contributed by atoms with van der Waals surface area (Å²) in [6.07, 6.45) is 2.96. The van der Waals surface area contributed by atoms with Crippen molar-refractivity contribution in [2.45, 2.75) is 0 Å². The number of anilines is 1. The highest BCUT2D eigenvalue weighted by atomic mass is 16.6. The summed E-state index contributed by atoms with van der Waals surface area (Å²) in [7, 11) is 1.58. The van der Waals surface area contributed by atoms with E-state index in [1.165, 1.54) is 30.3 Å². The number of nitrogens with one attached hydrogen (secondary N) is 1. The number of non-ortho nitro benzene ring substituents is 1. The van der Waals surface area contributed by atoms with E-state index < -0.39 is 10.8 Å². The molecule has 1 heterocycles. The van der Waals surface area contributed by atoms with Gasteiger partial charge in [0, 0.05) is 23.8 Å². The van der Waals surface area contributed by atoms with Crippen molar-refractivity contribution in [3.8, 4) is 17.2 Å². The number of amides is 1. The van der Waals surface area contributed by atoms with Gasteiger partial charge in [0.2, 0.25) is 5.89 Å². The first kappa shape index (κ1) is 17.8. The molecule has 9 nitrogen and oxygen atoms in total. The average Bonchev–Trinajstić information content (AvgIpc) is 3.15. The molecule has 0 unspecified atom stereocenters. The zero-order valence-electron chi connectivity index (χ0n) is 14.2. The molecular formula is C18H14N4O5. The molecule has 0 fully saturated rings. The number of ether oxygens (including phenoxy) is 1. The van der Waals surface area contributed by atoms with E-state index in [0.29, 0.717) is 5.56 Å². The molecule has 0 aliphatic rings. The van der Waals surface area contributed by atoms with Crippen LogP contribution in [0.3, 0.4) is 0 Å². The minimum absolute atomic E-state index is 0.0459. The molecule has 0 bridgehead atoms. The second-order valence-corrected chi connectivity index (χ2v) is 5.31. The fourth-order valence-corrected chi connectivity index (χ4v) is 2.15. The number of aromatic nitrogens is 2. The van der Waals surface area contributed by atoms with Gasteiger partial charge in [-0.05, 0) is 35.9 Å². The first-order chi connectivity index (χ1) is 13.0. The number of nitrogens with zero attached hydrogens (tertiary/aromatic N) is 3. The smallest absolute Gasteiger partial charge is 0.322 e. The average molecular weight is 366 g/mol. The maximum Gasteiger partial charge on any atom is 0.322 e. The van der Waals surface area contributed by atoms with Crippen molar-refractivity contribution in [3.63, 3.8) is 0 Å². The van der Waals surface area contributed by atoms with Crippen LogP contribution in [0, 0.1) is 10.1 Å². The molecule has 0 atom stereocenters. The van der Waals surface area contributed by atoms with E-state index >= 15 is 0 Å². The molecule has 2 aromatic carbocycles. The summed E-state index contributed by atoms with van der Waals surface area (Å²) in [6, 6.07) is 12.7. The molecule has 0 saturated carbocycles. The van der Waals surface area contributed by atoms with Gasteiger partial charge in [0.05, 0.1) is 12.0 Å². The standard InChI is InChI=1S/C18H14N4O5/c1-26-15-9-2-12(3-10-15)4-11-16(23)19-18-21-20-17(27-18)13-5-7-14(8-6-13)22(24)25/h2-11H,1H3,(H,19,21,23)/b11-4+. The van der Waals surface area contributed by atoms with Gasteiger partial charge < -0.3 is 9.15 Å². The summed E-state index contributed by atoms with van der Waals surface area (Å²) in [5.41, 5.74) is 1.28. The Morgan fingerprint density at radius 2 is 1.85 bits per heavy atom. The zero-order chi connectivity index (χ0) is 19.2. The van der Waals surface area contributed by atoms with Gasteiger partial charge in [0.25, 0.3) is 11.6 Å². The Balaban J connectivity index is 1.63. The van der Waals surface area contributed by atoms with Crippen molar-refractivity contribution >= 4 is 23.7 Å². The van der Waals surface area contributed by atoms with Crippen molar-refractivity contribution in [2.24, 2.45) is 0 Å². The summed E-state index contributed by atoms with van der Waals surface area (Å²) in [5, 5.41) is 20.7. The molecule has 9 heteroatoms. The van der Waals surface area contributed by atoms with Crippen LogP contribution < -0.4 is 10.1 Å². The number of nitro groups is 1. The maximum atomic E-state index is 11.9. The van der Waals surface area contributed by atoms with E-state index in [-0.39, 0.29) is 17.6 Å². The lowest BCUT2D eigenvalue weighted by Gasteiger charge is -1.99. The fraction of sp³-hybridized carbons (Fsp3) is 0.0556. The molecule has 0 radical (unpaired) electrons. The molecule has 3 rings (SSSR count). The SMILES string of the molecule is COc1ccc(/C=C/C(=O)Nc2nnc(-c3ccc([N+](=O)[O-])cc3)o2)cc1. The Kier molecular flexibility index (Phi) is 5.22. The molecule has 1 aromatic heterocycles. The number of carbonyl (C=O) groups is 1. The molecule has 1 amide bonds. The van der Waals surface area contributed by atoms with Gasteiger partial charge in [-0.3, -0.25) is 20.2 Å². The second kappa shape index (κ2) is 7.91. The van der Waals surface area contributed by atoms with Crippen LogP contribution in [0.4, 0.5) is 11.7 Å². The number of hydrogen-bond donors (Lipinski definition) is 1. The topological polar surface area (TPSA) is 120 Å². The Labute approximate surface area is 153 Å². The number of carbonyl (C=O) groups excluding carboxylic acids is 1. The second-order valence-electron chi connectivity index (χ2n) is 5.31. The Morgan fingerprint density at radius 3 is 2.48 bits per heavy atom. The van der Waals surface area contributed by atoms with Crippen LogP contribution in [0.15, 0.2) is 59.0 Å². The number of rotatable bonds is 6. The lowest BCUT2D eigenvalue weighted by molar-refractivity contribution is -0.384. The Morgan fingerprint density at radius 1 is 1.15 bits per heavy atom. The van der Waals surface area contributed by atoms with Gasteiger partial charge in [-0.25, -0.2) is 0 Å². The summed E-state index contributed by atoms with van der Waals surface area (Å²) >= 11 is 0. The summed E-state index contributed by atoms with van der Waals surface area (Å²) in [6.45, 7) is 0. The third kappa shape index (κ3) is 4.54. The van der Waals surface area contributed by atoms with E-state index in [2.05, 4.69) is 15.5 Å². The van der Waals surface area contributed by atoms with Crippen LogP contribution in [-0.4, -0.2) is 28.1 Å². The molecule has 0 aliphatic carbocycles. The molecule has 0 aliphatic heterocycles. The van der Waals surface area contributed by atoms with Gasteiger partial charge in [-0.2, -0.15) is 0 Å². The van der Waals surface area contributed by atoms with E-state index in [4.69, 9.17) is 9.15 Å². The third-order valence-corrected chi connectivity index (χ3v) is 3.52. The Bertz CT molecular complexity index is 978. The normalized spacial score (nSPS) is 10.7. The molecule has 0 spiro atoms. The van der Waals surface area contributed by atoms with Crippen molar-refractivity contribution < 1.29 is 18.9 Å². The van der Waals surface area contributed by atoms with Crippen LogP contribution in [-0.2, 0) is 4.79 Å². The van der Waals surface area contributed by atoms with E-state index in [9.17, 15) is 14.9 Å². The van der Waals surface area contributed by atoms with Gasteiger partial charge in [-0.15, -0.1) is 5.10 Å². The molecule has 136 valence electrons. The van der Waals surface area contributed by atoms with Crippen LogP contribution >= 0.6 is 0 Å².